The van der Waals surface area contributed by atoms with Crippen LogP contribution in [0.2, 0.25) is 10.0 Å². The molecule has 1 aliphatic rings. The van der Waals surface area contributed by atoms with Gasteiger partial charge in [0.05, 0.1) is 22.2 Å². The molecule has 3 aromatic rings. The number of nitrogens with zero attached hydrogens (tertiary/aromatic N) is 1. The summed E-state index contributed by atoms with van der Waals surface area (Å²) in [6.07, 6.45) is 2.58. The maximum absolute atomic E-state index is 12.9. The number of carboxylic acids is 1. The highest BCUT2D eigenvalue weighted by Gasteiger charge is 2.25. The SMILES string of the molecule is O=C(CCc1ccc2c(n1)NCCC2)NCC(=O)NC[C@H](NC(=O)c1c(Cl)cc(-c2ccccc2)cc1Cl)C(=O)O. The molecule has 0 saturated carbocycles. The van der Waals surface area contributed by atoms with Gasteiger partial charge in [-0.3, -0.25) is 14.4 Å². The lowest BCUT2D eigenvalue weighted by molar-refractivity contribution is -0.139. The first kappa shape index (κ1) is 29.8. The molecule has 5 N–H and O–H groups in total. The van der Waals surface area contributed by atoms with Gasteiger partial charge in [0.15, 0.2) is 0 Å². The first-order chi connectivity index (χ1) is 19.7. The monoisotopic (exact) mass is 597 g/mol. The number of carbonyl (C=O) groups is 4. The van der Waals surface area contributed by atoms with Gasteiger partial charge < -0.3 is 26.4 Å². The lowest BCUT2D eigenvalue weighted by Crippen LogP contribution is -2.50. The maximum Gasteiger partial charge on any atom is 0.328 e. The molecule has 2 heterocycles. The topological polar surface area (TPSA) is 150 Å². The van der Waals surface area contributed by atoms with Crippen LogP contribution in [0.15, 0.2) is 54.6 Å². The summed E-state index contributed by atoms with van der Waals surface area (Å²) in [5, 5.41) is 20.2. The van der Waals surface area contributed by atoms with Crippen LogP contribution in [0.25, 0.3) is 11.1 Å². The fourth-order valence-electron chi connectivity index (χ4n) is 4.31. The van der Waals surface area contributed by atoms with Gasteiger partial charge in [-0.2, -0.15) is 0 Å². The maximum atomic E-state index is 12.9. The molecule has 2 aromatic carbocycles. The molecule has 0 fully saturated rings. The van der Waals surface area contributed by atoms with E-state index in [0.717, 1.165) is 42.0 Å². The van der Waals surface area contributed by atoms with Gasteiger partial charge in [0.2, 0.25) is 11.8 Å². The standard InChI is InChI=1S/C29H29Cl2N5O5/c30-21-13-19(17-5-2-1-3-6-17)14-22(31)26(21)28(39)36-23(29(40)41)15-33-25(38)16-34-24(37)11-10-20-9-8-18-7-4-12-32-27(18)35-20/h1-3,5-6,8-9,13-14,23H,4,7,10-12,15-16H2,(H,32,35)(H,33,38)(H,34,37)(H,36,39)(H,40,41)/t23-/m0/s1. The Balaban J connectivity index is 1.25. The van der Waals surface area contributed by atoms with Gasteiger partial charge in [0.1, 0.15) is 11.9 Å². The Kier molecular flexibility index (Phi) is 10.2. The molecule has 1 aromatic heterocycles. The number of hydrogen-bond acceptors (Lipinski definition) is 6. The number of carboxylic acid groups (broad SMARTS) is 1. The van der Waals surface area contributed by atoms with Crippen LogP contribution in [0.4, 0.5) is 5.82 Å². The molecule has 0 saturated heterocycles. The molecule has 4 rings (SSSR count). The molecule has 12 heteroatoms. The summed E-state index contributed by atoms with van der Waals surface area (Å²) in [4.78, 5) is 53.6. The molecule has 0 radical (unpaired) electrons. The van der Waals surface area contributed by atoms with Gasteiger partial charge in [-0.15, -0.1) is 0 Å². The van der Waals surface area contributed by atoms with Crippen molar-refractivity contribution in [1.82, 2.24) is 20.9 Å². The first-order valence-corrected chi connectivity index (χ1v) is 13.8. The number of rotatable bonds is 11. The highest BCUT2D eigenvalue weighted by atomic mass is 35.5. The number of carbonyl (C=O) groups excluding carboxylic acids is 3. The van der Waals surface area contributed by atoms with E-state index in [4.69, 9.17) is 23.2 Å². The average molecular weight is 598 g/mol. The quantitative estimate of drug-likeness (QED) is 0.227. The van der Waals surface area contributed by atoms with Crippen LogP contribution >= 0.6 is 23.2 Å². The molecule has 10 nitrogen and oxygen atoms in total. The van der Waals surface area contributed by atoms with E-state index in [0.29, 0.717) is 12.0 Å². The average Bonchev–Trinajstić information content (AvgIpc) is 2.96. The number of pyridine rings is 1. The van der Waals surface area contributed by atoms with E-state index < -0.39 is 30.4 Å². The van der Waals surface area contributed by atoms with Crippen LogP contribution in [0.3, 0.4) is 0 Å². The van der Waals surface area contributed by atoms with Crippen molar-refractivity contribution in [2.75, 3.05) is 25.0 Å². The summed E-state index contributed by atoms with van der Waals surface area (Å²) in [7, 11) is 0. The molecule has 0 spiro atoms. The van der Waals surface area contributed by atoms with Crippen molar-refractivity contribution < 1.29 is 24.3 Å². The van der Waals surface area contributed by atoms with Gasteiger partial charge >= 0.3 is 5.97 Å². The second-order valence-electron chi connectivity index (χ2n) is 9.47. The minimum Gasteiger partial charge on any atom is -0.480 e. The number of halogens is 2. The van der Waals surface area contributed by atoms with Crippen molar-refractivity contribution in [3.05, 3.63) is 81.5 Å². The third-order valence-corrected chi connectivity index (χ3v) is 7.09. The minimum atomic E-state index is -1.47. The van der Waals surface area contributed by atoms with Crippen molar-refractivity contribution >= 4 is 52.7 Å². The van der Waals surface area contributed by atoms with Gasteiger partial charge in [0, 0.05) is 25.2 Å². The fraction of sp³-hybridized carbons (Fsp3) is 0.276. The number of anilines is 1. The van der Waals surface area contributed by atoms with E-state index in [1.807, 2.05) is 42.5 Å². The van der Waals surface area contributed by atoms with Crippen LogP contribution in [-0.4, -0.2) is 59.5 Å². The molecule has 1 atom stereocenters. The molecule has 1 aliphatic heterocycles. The number of fused-ring (bicyclic) bond motifs is 1. The molecule has 0 bridgehead atoms. The second-order valence-corrected chi connectivity index (χ2v) is 10.3. The summed E-state index contributed by atoms with van der Waals surface area (Å²) >= 11 is 12.7. The van der Waals surface area contributed by atoms with Gasteiger partial charge in [0.25, 0.3) is 5.91 Å². The van der Waals surface area contributed by atoms with Crippen LogP contribution in [0, 0.1) is 0 Å². The molecular formula is C29H29Cl2N5O5. The number of aliphatic carboxylic acids is 1. The van der Waals surface area contributed by atoms with E-state index in [1.165, 1.54) is 0 Å². The number of aromatic nitrogens is 1. The second kappa shape index (κ2) is 14.0. The van der Waals surface area contributed by atoms with Crippen LogP contribution in [-0.2, 0) is 27.2 Å². The summed E-state index contributed by atoms with van der Waals surface area (Å²) in [5.41, 5.74) is 3.38. The van der Waals surface area contributed by atoms with Gasteiger partial charge in [-0.05, 0) is 54.2 Å². The van der Waals surface area contributed by atoms with Crippen LogP contribution in [0.1, 0.15) is 34.5 Å². The molecule has 214 valence electrons. The van der Waals surface area contributed by atoms with Crippen molar-refractivity contribution in [2.45, 2.75) is 31.7 Å². The molecular weight excluding hydrogens is 569 g/mol. The zero-order chi connectivity index (χ0) is 29.4. The highest BCUT2D eigenvalue weighted by molar-refractivity contribution is 6.40. The fourth-order valence-corrected chi connectivity index (χ4v) is 4.97. The zero-order valence-electron chi connectivity index (χ0n) is 22.0. The van der Waals surface area contributed by atoms with Crippen molar-refractivity contribution in [1.29, 1.82) is 0 Å². The number of nitrogens with one attached hydrogen (secondary N) is 4. The number of benzene rings is 2. The predicted octanol–water partition coefficient (Wildman–Crippen LogP) is 3.46. The minimum absolute atomic E-state index is 0.0478. The van der Waals surface area contributed by atoms with Gasteiger partial charge in [-0.1, -0.05) is 59.6 Å². The Morgan fingerprint density at radius 1 is 0.951 bits per heavy atom. The number of aryl methyl sites for hydroxylation is 2. The van der Waals surface area contributed by atoms with Crippen molar-refractivity contribution in [2.24, 2.45) is 0 Å². The third-order valence-electron chi connectivity index (χ3n) is 6.49. The Bertz CT molecular complexity index is 1430. The zero-order valence-corrected chi connectivity index (χ0v) is 23.5. The number of hydrogen-bond donors (Lipinski definition) is 5. The number of amides is 3. The van der Waals surface area contributed by atoms with Crippen LogP contribution < -0.4 is 21.3 Å². The van der Waals surface area contributed by atoms with E-state index in [2.05, 4.69) is 26.3 Å². The molecule has 0 aliphatic carbocycles. The Morgan fingerprint density at radius 2 is 1.68 bits per heavy atom. The Morgan fingerprint density at radius 3 is 2.39 bits per heavy atom. The smallest absolute Gasteiger partial charge is 0.328 e. The van der Waals surface area contributed by atoms with E-state index in [1.54, 1.807) is 12.1 Å². The Labute approximate surface area is 246 Å². The molecule has 0 unspecified atom stereocenters. The first-order valence-electron chi connectivity index (χ1n) is 13.1. The van der Waals surface area contributed by atoms with Crippen molar-refractivity contribution in [3.63, 3.8) is 0 Å². The van der Waals surface area contributed by atoms with Crippen molar-refractivity contribution in [3.8, 4) is 11.1 Å². The lowest BCUT2D eigenvalue weighted by Gasteiger charge is -2.17. The van der Waals surface area contributed by atoms with E-state index in [-0.39, 0.29) is 34.5 Å². The molecule has 3 amide bonds. The third kappa shape index (κ3) is 8.18. The van der Waals surface area contributed by atoms with E-state index in [9.17, 15) is 24.3 Å². The highest BCUT2D eigenvalue weighted by Crippen LogP contribution is 2.31. The Hall–Kier alpha value is -4.15. The summed E-state index contributed by atoms with van der Waals surface area (Å²) in [5.74, 6) is -2.29. The molecule has 41 heavy (non-hydrogen) atoms. The summed E-state index contributed by atoms with van der Waals surface area (Å²) in [6.45, 7) is 0.102. The summed E-state index contributed by atoms with van der Waals surface area (Å²) in [6, 6.07) is 14.8. The lowest BCUT2D eigenvalue weighted by atomic mass is 10.0. The van der Waals surface area contributed by atoms with Crippen LogP contribution in [0.5, 0.6) is 0 Å². The normalized spacial score (nSPS) is 12.8. The largest absolute Gasteiger partial charge is 0.480 e. The van der Waals surface area contributed by atoms with E-state index >= 15 is 0 Å². The predicted molar refractivity (Wildman–Crippen MR) is 156 cm³/mol. The van der Waals surface area contributed by atoms with Gasteiger partial charge in [-0.25, -0.2) is 9.78 Å². The summed E-state index contributed by atoms with van der Waals surface area (Å²) < 4.78 is 0.